The van der Waals surface area contributed by atoms with E-state index in [0.717, 1.165) is 18.4 Å². The molecule has 2 heteroatoms. The molecule has 2 nitrogen and oxygen atoms in total. The molecule has 0 bridgehead atoms. The molecular weight excluding hydrogens is 174 g/mol. The maximum Gasteiger partial charge on any atom is 0.0639 e. The molecule has 1 saturated heterocycles. The Morgan fingerprint density at radius 2 is 1.93 bits per heavy atom. The van der Waals surface area contributed by atoms with Crippen molar-refractivity contribution < 1.29 is 5.11 Å². The molecule has 0 radical (unpaired) electrons. The molecule has 1 heterocycles. The van der Waals surface area contributed by atoms with E-state index in [1.807, 2.05) is 6.92 Å². The standard InChI is InChI=1S/C12H23NO/c1-10(14)8-13-7-6-11-4-2-3-5-12(11)9-13/h10-12,14H,2-9H2,1H3/t10-,11?,12?/m1/s1. The number of aliphatic hydroxyl groups excluding tert-OH is 1. The zero-order valence-corrected chi connectivity index (χ0v) is 9.28. The molecule has 2 aliphatic rings. The van der Waals surface area contributed by atoms with Crippen LogP contribution in [0, 0.1) is 11.8 Å². The number of likely N-dealkylation sites (tertiary alicyclic amines) is 1. The van der Waals surface area contributed by atoms with E-state index in [4.69, 9.17) is 0 Å². The summed E-state index contributed by atoms with van der Waals surface area (Å²) in [5.74, 6) is 1.95. The number of hydrogen-bond donors (Lipinski definition) is 1. The van der Waals surface area contributed by atoms with Gasteiger partial charge in [0, 0.05) is 13.1 Å². The highest BCUT2D eigenvalue weighted by Crippen LogP contribution is 2.35. The van der Waals surface area contributed by atoms with Crippen LogP contribution in [0.5, 0.6) is 0 Å². The summed E-state index contributed by atoms with van der Waals surface area (Å²) in [5.41, 5.74) is 0. The smallest absolute Gasteiger partial charge is 0.0639 e. The van der Waals surface area contributed by atoms with Crippen molar-refractivity contribution in [2.45, 2.75) is 45.1 Å². The van der Waals surface area contributed by atoms with Crippen LogP contribution in [0.3, 0.4) is 0 Å². The first kappa shape index (κ1) is 10.4. The third-order valence-electron chi connectivity index (χ3n) is 3.90. The summed E-state index contributed by atoms with van der Waals surface area (Å²) in [5, 5.41) is 9.36. The molecule has 2 rings (SSSR count). The summed E-state index contributed by atoms with van der Waals surface area (Å²) in [6.07, 6.45) is 7.00. The Kier molecular flexibility index (Phi) is 3.45. The van der Waals surface area contributed by atoms with Crippen LogP contribution in [0.4, 0.5) is 0 Å². The average Bonchev–Trinajstić information content (AvgIpc) is 2.17. The summed E-state index contributed by atoms with van der Waals surface area (Å²) in [7, 11) is 0. The van der Waals surface area contributed by atoms with E-state index in [1.54, 1.807) is 0 Å². The normalized spacial score (nSPS) is 36.4. The van der Waals surface area contributed by atoms with Gasteiger partial charge in [-0.2, -0.15) is 0 Å². The number of fused-ring (bicyclic) bond motifs is 1. The van der Waals surface area contributed by atoms with E-state index < -0.39 is 0 Å². The van der Waals surface area contributed by atoms with Gasteiger partial charge >= 0.3 is 0 Å². The number of piperidine rings is 1. The molecule has 0 aromatic carbocycles. The first-order valence-corrected chi connectivity index (χ1v) is 6.16. The summed E-state index contributed by atoms with van der Waals surface area (Å²) < 4.78 is 0. The second kappa shape index (κ2) is 4.63. The van der Waals surface area contributed by atoms with Crippen molar-refractivity contribution in [2.75, 3.05) is 19.6 Å². The van der Waals surface area contributed by atoms with Gasteiger partial charge in [0.1, 0.15) is 0 Å². The lowest BCUT2D eigenvalue weighted by atomic mass is 9.75. The molecule has 2 fully saturated rings. The SMILES string of the molecule is C[C@@H](O)CN1CCC2CCCCC2C1. The number of aliphatic hydroxyl groups is 1. The fraction of sp³-hybridized carbons (Fsp3) is 1.00. The number of rotatable bonds is 2. The van der Waals surface area contributed by atoms with Crippen molar-refractivity contribution in [3.05, 3.63) is 0 Å². The molecule has 1 aliphatic carbocycles. The molecule has 0 amide bonds. The van der Waals surface area contributed by atoms with Crippen molar-refractivity contribution >= 4 is 0 Å². The average molecular weight is 197 g/mol. The Morgan fingerprint density at radius 3 is 2.64 bits per heavy atom. The second-order valence-corrected chi connectivity index (χ2v) is 5.20. The minimum absolute atomic E-state index is 0.157. The number of hydrogen-bond acceptors (Lipinski definition) is 2. The van der Waals surface area contributed by atoms with Gasteiger partial charge in [-0.1, -0.05) is 19.3 Å². The van der Waals surface area contributed by atoms with Crippen molar-refractivity contribution in [1.29, 1.82) is 0 Å². The summed E-state index contributed by atoms with van der Waals surface area (Å²) in [6.45, 7) is 5.23. The molecule has 2 unspecified atom stereocenters. The van der Waals surface area contributed by atoms with Crippen molar-refractivity contribution in [3.63, 3.8) is 0 Å². The van der Waals surface area contributed by atoms with Crippen LogP contribution in [0.15, 0.2) is 0 Å². The molecule has 1 aliphatic heterocycles. The predicted molar refractivity (Wildman–Crippen MR) is 58.2 cm³/mol. The number of β-amino-alcohol motifs (C(OH)–C–C–N with tert-alkyl or cyclic N) is 1. The maximum atomic E-state index is 9.36. The molecule has 1 saturated carbocycles. The molecule has 0 aromatic rings. The molecule has 3 atom stereocenters. The van der Waals surface area contributed by atoms with Crippen LogP contribution in [0.2, 0.25) is 0 Å². The zero-order chi connectivity index (χ0) is 9.97. The molecule has 0 aromatic heterocycles. The third-order valence-corrected chi connectivity index (χ3v) is 3.90. The van der Waals surface area contributed by atoms with Crippen LogP contribution < -0.4 is 0 Å². The van der Waals surface area contributed by atoms with Gasteiger partial charge < -0.3 is 10.0 Å². The second-order valence-electron chi connectivity index (χ2n) is 5.20. The van der Waals surface area contributed by atoms with E-state index in [1.165, 1.54) is 45.2 Å². The van der Waals surface area contributed by atoms with Gasteiger partial charge in [-0.15, -0.1) is 0 Å². The Labute approximate surface area is 87.3 Å². The summed E-state index contributed by atoms with van der Waals surface area (Å²) >= 11 is 0. The molecule has 0 spiro atoms. The van der Waals surface area contributed by atoms with E-state index >= 15 is 0 Å². The minimum atomic E-state index is -0.157. The van der Waals surface area contributed by atoms with Gasteiger partial charge in [0.15, 0.2) is 0 Å². The molecular formula is C12H23NO. The quantitative estimate of drug-likeness (QED) is 0.730. The highest BCUT2D eigenvalue weighted by Gasteiger charge is 2.30. The highest BCUT2D eigenvalue weighted by atomic mass is 16.3. The first-order valence-electron chi connectivity index (χ1n) is 6.16. The van der Waals surface area contributed by atoms with E-state index in [0.29, 0.717) is 0 Å². The van der Waals surface area contributed by atoms with E-state index in [2.05, 4.69) is 4.90 Å². The highest BCUT2D eigenvalue weighted by molar-refractivity contribution is 4.83. The monoisotopic (exact) mass is 197 g/mol. The van der Waals surface area contributed by atoms with Gasteiger partial charge in [-0.05, 0) is 38.1 Å². The number of nitrogens with zero attached hydrogens (tertiary/aromatic N) is 1. The van der Waals surface area contributed by atoms with Crippen LogP contribution in [-0.2, 0) is 0 Å². The fourth-order valence-electron chi connectivity index (χ4n) is 3.22. The molecule has 14 heavy (non-hydrogen) atoms. The zero-order valence-electron chi connectivity index (χ0n) is 9.28. The van der Waals surface area contributed by atoms with Gasteiger partial charge in [-0.25, -0.2) is 0 Å². The van der Waals surface area contributed by atoms with E-state index in [9.17, 15) is 5.11 Å². The van der Waals surface area contributed by atoms with Crippen LogP contribution in [-0.4, -0.2) is 35.7 Å². The lowest BCUT2D eigenvalue weighted by Crippen LogP contribution is -2.44. The summed E-state index contributed by atoms with van der Waals surface area (Å²) in [4.78, 5) is 2.46. The Morgan fingerprint density at radius 1 is 1.21 bits per heavy atom. The predicted octanol–water partition coefficient (Wildman–Crippen LogP) is 1.88. The largest absolute Gasteiger partial charge is 0.392 e. The summed E-state index contributed by atoms with van der Waals surface area (Å²) in [6, 6.07) is 0. The lowest BCUT2D eigenvalue weighted by molar-refractivity contribution is 0.0520. The Bertz CT molecular complexity index is 181. The molecule has 1 N–H and O–H groups in total. The van der Waals surface area contributed by atoms with Gasteiger partial charge in [0.05, 0.1) is 6.10 Å². The lowest BCUT2D eigenvalue weighted by Gasteiger charge is -2.41. The van der Waals surface area contributed by atoms with Crippen LogP contribution >= 0.6 is 0 Å². The van der Waals surface area contributed by atoms with Crippen molar-refractivity contribution in [2.24, 2.45) is 11.8 Å². The van der Waals surface area contributed by atoms with Crippen molar-refractivity contribution in [3.8, 4) is 0 Å². The van der Waals surface area contributed by atoms with E-state index in [-0.39, 0.29) is 6.10 Å². The van der Waals surface area contributed by atoms with Gasteiger partial charge in [0.25, 0.3) is 0 Å². The Balaban J connectivity index is 1.83. The van der Waals surface area contributed by atoms with Crippen LogP contribution in [0.1, 0.15) is 39.0 Å². The Hall–Kier alpha value is -0.0800. The van der Waals surface area contributed by atoms with Crippen molar-refractivity contribution in [1.82, 2.24) is 4.90 Å². The van der Waals surface area contributed by atoms with Gasteiger partial charge in [0.2, 0.25) is 0 Å². The fourth-order valence-corrected chi connectivity index (χ4v) is 3.22. The third kappa shape index (κ3) is 2.48. The van der Waals surface area contributed by atoms with Gasteiger partial charge in [-0.3, -0.25) is 0 Å². The first-order chi connectivity index (χ1) is 6.75. The van der Waals surface area contributed by atoms with Crippen LogP contribution in [0.25, 0.3) is 0 Å². The topological polar surface area (TPSA) is 23.5 Å². The minimum Gasteiger partial charge on any atom is -0.392 e. The molecule has 82 valence electrons. The maximum absolute atomic E-state index is 9.36.